The highest BCUT2D eigenvalue weighted by atomic mass is 31.2. The summed E-state index contributed by atoms with van der Waals surface area (Å²) in [5.41, 5.74) is 0. The number of phosphoric ester groups is 1. The molecule has 0 aliphatic rings. The van der Waals surface area contributed by atoms with Crippen molar-refractivity contribution in [3.8, 4) is 0 Å². The van der Waals surface area contributed by atoms with E-state index < -0.39 is 57.8 Å². The molecule has 0 aromatic carbocycles. The van der Waals surface area contributed by atoms with E-state index >= 15 is 0 Å². The summed E-state index contributed by atoms with van der Waals surface area (Å²) in [6.45, 7) is 4.25. The Balaban J connectivity index is 4.86. The average Bonchev–Trinajstić information content (AvgIpc) is 3.35. The highest BCUT2D eigenvalue weighted by Crippen LogP contribution is 2.43. The van der Waals surface area contributed by atoms with Crippen molar-refractivity contribution in [2.24, 2.45) is 0 Å². The van der Waals surface area contributed by atoms with Gasteiger partial charge in [0.25, 0.3) is 0 Å². The summed E-state index contributed by atoms with van der Waals surface area (Å²) >= 11 is 0. The molecule has 3 atom stereocenters. The van der Waals surface area contributed by atoms with Crippen LogP contribution in [0.3, 0.4) is 0 Å². The number of allylic oxidation sites excluding steroid dienone is 18. The molecule has 12 heteroatoms. The molecule has 0 fully saturated rings. The number of ether oxygens (including phenoxy) is 3. The number of carbonyl (C=O) groups is 3. The van der Waals surface area contributed by atoms with Gasteiger partial charge in [-0.2, -0.15) is 0 Å². The molecule has 398 valence electrons. The maximum Gasteiger partial charge on any atom is 0.472 e. The Kier molecular flexibility index (Phi) is 48.7. The largest absolute Gasteiger partial charge is 0.472 e. The molecule has 2 N–H and O–H groups in total. The van der Waals surface area contributed by atoms with Crippen LogP contribution in [0.2, 0.25) is 0 Å². The third kappa shape index (κ3) is 49.1. The van der Waals surface area contributed by atoms with Gasteiger partial charge in [0.15, 0.2) is 6.10 Å². The molecule has 0 rings (SSSR count). The first-order chi connectivity index (χ1) is 34.2. The van der Waals surface area contributed by atoms with Crippen molar-refractivity contribution in [1.82, 2.24) is 0 Å². The lowest BCUT2D eigenvalue weighted by Gasteiger charge is -2.21. The van der Waals surface area contributed by atoms with Gasteiger partial charge in [-0.15, -0.1) is 0 Å². The van der Waals surface area contributed by atoms with Crippen molar-refractivity contribution in [3.05, 3.63) is 109 Å². The lowest BCUT2D eigenvalue weighted by Crippen LogP contribution is -2.30. The van der Waals surface area contributed by atoms with E-state index in [1.807, 2.05) is 12.2 Å². The Labute approximate surface area is 425 Å². The van der Waals surface area contributed by atoms with Crippen LogP contribution in [-0.4, -0.2) is 66.5 Å². The maximum atomic E-state index is 12.9. The first-order valence-electron chi connectivity index (χ1n) is 26.8. The minimum absolute atomic E-state index is 0.0350. The molecule has 0 aliphatic heterocycles. The standard InChI is InChI=1S/C58H95O11P/c1-4-7-10-13-16-19-22-25-26-27-28-31-32-35-38-41-44-47-56(60)65-51-55(69-58(62)49-46-43-40-37-34-30-24-21-18-15-12-9-6-3)53-67-70(63,64)66-52-54(50-59)68-57(61)48-45-42-39-36-33-29-23-20-17-14-11-8-5-2/h7,9-10,12,16,18-21,23,25-26,28,30-31,34,40,43,54-55,59H,4-6,8,11,13-15,17,22,24,27,29,32-33,35-39,41-42,44-53H2,1-3H3,(H,63,64)/b10-7-,12-9-,19-16-,21-18-,23-20-,26-25-,31-28-,34-30-,43-40-. The SMILES string of the molecule is CC/C=C\C/C=C\C/C=C\C/C=C\CCCCCCC(=O)OCC(COP(=O)(O)OCC(CO)OC(=O)CCCCCCC/C=C\CCCCCC)OC(=O)CC/C=C\C/C=C\C/C=C\C/C=C\CC. The Hall–Kier alpha value is -3.86. The van der Waals surface area contributed by atoms with Gasteiger partial charge < -0.3 is 24.2 Å². The smallest absolute Gasteiger partial charge is 0.462 e. The normalized spacial score (nSPS) is 14.3. The molecule has 0 saturated carbocycles. The number of aliphatic hydroxyl groups is 1. The fourth-order valence-corrected chi connectivity index (χ4v) is 7.43. The van der Waals surface area contributed by atoms with E-state index in [0.717, 1.165) is 116 Å². The third-order valence-corrected chi connectivity index (χ3v) is 11.6. The van der Waals surface area contributed by atoms with Gasteiger partial charge in [-0.05, 0) is 109 Å². The van der Waals surface area contributed by atoms with E-state index in [2.05, 4.69) is 118 Å². The highest BCUT2D eigenvalue weighted by molar-refractivity contribution is 7.47. The first-order valence-corrected chi connectivity index (χ1v) is 28.3. The van der Waals surface area contributed by atoms with Crippen LogP contribution in [0.1, 0.15) is 201 Å². The van der Waals surface area contributed by atoms with Gasteiger partial charge >= 0.3 is 25.7 Å². The zero-order valence-corrected chi connectivity index (χ0v) is 44.6. The number of esters is 3. The minimum atomic E-state index is -4.77. The predicted octanol–water partition coefficient (Wildman–Crippen LogP) is 15.5. The van der Waals surface area contributed by atoms with Crippen LogP contribution in [0.15, 0.2) is 109 Å². The predicted molar refractivity (Wildman–Crippen MR) is 288 cm³/mol. The number of phosphoric acid groups is 1. The number of rotatable bonds is 48. The molecule has 0 saturated heterocycles. The number of aliphatic hydroxyl groups excluding tert-OH is 1. The topological polar surface area (TPSA) is 155 Å². The van der Waals surface area contributed by atoms with E-state index in [0.29, 0.717) is 19.3 Å². The fraction of sp³-hybridized carbons (Fsp3) is 0.638. The summed E-state index contributed by atoms with van der Waals surface area (Å²) in [7, 11) is -4.77. The van der Waals surface area contributed by atoms with Gasteiger partial charge in [-0.1, -0.05) is 182 Å². The second kappa shape index (κ2) is 51.5. The molecule has 0 bridgehead atoms. The maximum absolute atomic E-state index is 12.9. The molecule has 3 unspecified atom stereocenters. The number of hydrogen-bond acceptors (Lipinski definition) is 10. The van der Waals surface area contributed by atoms with Gasteiger partial charge in [0.1, 0.15) is 12.7 Å². The summed E-state index contributed by atoms with van der Waals surface area (Å²) in [4.78, 5) is 48.3. The average molecular weight is 999 g/mol. The van der Waals surface area contributed by atoms with E-state index in [1.165, 1.54) is 25.7 Å². The van der Waals surface area contributed by atoms with Crippen LogP contribution in [-0.2, 0) is 42.2 Å². The van der Waals surface area contributed by atoms with Crippen molar-refractivity contribution < 1.29 is 52.2 Å². The lowest BCUT2D eigenvalue weighted by molar-refractivity contribution is -0.161. The molecule has 0 aromatic rings. The third-order valence-electron chi connectivity index (χ3n) is 10.7. The zero-order valence-electron chi connectivity index (χ0n) is 43.7. The molecule has 11 nitrogen and oxygen atoms in total. The van der Waals surface area contributed by atoms with Crippen LogP contribution >= 0.6 is 7.82 Å². The van der Waals surface area contributed by atoms with Crippen LogP contribution in [0.4, 0.5) is 0 Å². The fourth-order valence-electron chi connectivity index (χ4n) is 6.65. The van der Waals surface area contributed by atoms with Crippen molar-refractivity contribution >= 4 is 25.7 Å². The van der Waals surface area contributed by atoms with Crippen LogP contribution in [0.5, 0.6) is 0 Å². The zero-order chi connectivity index (χ0) is 51.3. The highest BCUT2D eigenvalue weighted by Gasteiger charge is 2.28. The summed E-state index contributed by atoms with van der Waals surface area (Å²) in [6, 6.07) is 0. The van der Waals surface area contributed by atoms with Crippen LogP contribution in [0.25, 0.3) is 0 Å². The molecule has 70 heavy (non-hydrogen) atoms. The Morgan fingerprint density at radius 3 is 1.24 bits per heavy atom. The molecule has 0 amide bonds. The van der Waals surface area contributed by atoms with Crippen molar-refractivity contribution in [2.75, 3.05) is 26.4 Å². The lowest BCUT2D eigenvalue weighted by atomic mass is 10.1. The van der Waals surface area contributed by atoms with Crippen molar-refractivity contribution in [2.45, 2.75) is 213 Å². The number of hydrogen-bond donors (Lipinski definition) is 2. The van der Waals surface area contributed by atoms with E-state index in [1.54, 1.807) is 0 Å². The van der Waals surface area contributed by atoms with Gasteiger partial charge in [-0.25, -0.2) is 4.57 Å². The Morgan fingerprint density at radius 1 is 0.414 bits per heavy atom. The molecule has 0 heterocycles. The van der Waals surface area contributed by atoms with Crippen molar-refractivity contribution in [3.63, 3.8) is 0 Å². The molecule has 0 spiro atoms. The summed E-state index contributed by atoms with van der Waals surface area (Å²) in [6.07, 6.45) is 60.7. The number of carbonyl (C=O) groups excluding carboxylic acids is 3. The minimum Gasteiger partial charge on any atom is -0.462 e. The van der Waals surface area contributed by atoms with Crippen molar-refractivity contribution in [1.29, 1.82) is 0 Å². The molecule has 0 aliphatic carbocycles. The second-order valence-electron chi connectivity index (χ2n) is 17.3. The summed E-state index contributed by atoms with van der Waals surface area (Å²) < 4.78 is 39.3. The number of unbranched alkanes of at least 4 members (excludes halogenated alkanes) is 13. The van der Waals surface area contributed by atoms with Gasteiger partial charge in [0.2, 0.25) is 0 Å². The van der Waals surface area contributed by atoms with Crippen LogP contribution < -0.4 is 0 Å². The first kappa shape index (κ1) is 66.1. The van der Waals surface area contributed by atoms with E-state index in [-0.39, 0.29) is 25.9 Å². The molecular formula is C58H95O11P. The molecule has 0 radical (unpaired) electrons. The van der Waals surface area contributed by atoms with E-state index in [9.17, 15) is 28.9 Å². The molecule has 0 aromatic heterocycles. The quantitative estimate of drug-likeness (QED) is 0.0197. The monoisotopic (exact) mass is 999 g/mol. The second-order valence-corrected chi connectivity index (χ2v) is 18.7. The Morgan fingerprint density at radius 2 is 0.771 bits per heavy atom. The van der Waals surface area contributed by atoms with Gasteiger partial charge in [0.05, 0.1) is 19.8 Å². The van der Waals surface area contributed by atoms with Crippen LogP contribution in [0, 0.1) is 0 Å². The van der Waals surface area contributed by atoms with Gasteiger partial charge in [0, 0.05) is 19.3 Å². The van der Waals surface area contributed by atoms with E-state index in [4.69, 9.17) is 23.3 Å². The summed E-state index contributed by atoms with van der Waals surface area (Å²) in [5, 5.41) is 9.78. The summed E-state index contributed by atoms with van der Waals surface area (Å²) in [5.74, 6) is -1.61. The molecular weight excluding hydrogens is 904 g/mol. The Bertz CT molecular complexity index is 1590. The van der Waals surface area contributed by atoms with Gasteiger partial charge in [-0.3, -0.25) is 23.4 Å².